The quantitative estimate of drug-likeness (QED) is 0.646. The van der Waals surface area contributed by atoms with Gasteiger partial charge in [-0.25, -0.2) is 9.97 Å². The first-order valence-electron chi connectivity index (χ1n) is 5.53. The number of nitrogens with zero attached hydrogens (tertiary/aromatic N) is 3. The number of aryl methyl sites for hydroxylation is 2. The summed E-state index contributed by atoms with van der Waals surface area (Å²) in [5.74, 6) is 0.624. The van der Waals surface area contributed by atoms with Gasteiger partial charge in [0, 0.05) is 19.5 Å². The minimum Gasteiger partial charge on any atom is -0.441 e. The van der Waals surface area contributed by atoms with Crippen molar-refractivity contribution < 1.29 is 9.21 Å². The second-order valence-corrected chi connectivity index (χ2v) is 4.12. The number of hydrogen-bond donors (Lipinski definition) is 0. The average Bonchev–Trinajstić information content (AvgIpc) is 2.89. The molecule has 1 aromatic carbocycles. The molecule has 18 heavy (non-hydrogen) atoms. The van der Waals surface area contributed by atoms with E-state index in [-0.39, 0.29) is 0 Å². The molecule has 2 heterocycles. The van der Waals surface area contributed by atoms with Crippen molar-refractivity contribution in [3.63, 3.8) is 0 Å². The number of aromatic nitrogens is 3. The minimum atomic E-state index is 0.551. The Hall–Kier alpha value is -2.43. The van der Waals surface area contributed by atoms with Crippen LogP contribution in [0.3, 0.4) is 0 Å². The number of carbonyl (C=O) groups excluding carboxylic acids is 1. The Morgan fingerprint density at radius 3 is 3.00 bits per heavy atom. The molecule has 3 rings (SSSR count). The summed E-state index contributed by atoms with van der Waals surface area (Å²) in [7, 11) is 1.79. The van der Waals surface area contributed by atoms with Crippen molar-refractivity contribution >= 4 is 17.4 Å². The van der Waals surface area contributed by atoms with E-state index < -0.39 is 0 Å². The molecule has 0 N–H and O–H groups in total. The Labute approximate surface area is 103 Å². The van der Waals surface area contributed by atoms with Crippen LogP contribution in [0.2, 0.25) is 0 Å². The van der Waals surface area contributed by atoms with E-state index in [2.05, 4.69) is 9.97 Å². The van der Waals surface area contributed by atoms with Gasteiger partial charge in [-0.05, 0) is 18.2 Å². The number of carbonyl (C=O) groups is 1. The molecule has 0 amide bonds. The molecule has 0 aliphatic heterocycles. The molecule has 5 heteroatoms. The maximum absolute atomic E-state index is 11.1. The Balaban J connectivity index is 2.21. The van der Waals surface area contributed by atoms with Gasteiger partial charge in [-0.2, -0.15) is 0 Å². The highest BCUT2D eigenvalue weighted by atomic mass is 16.3. The lowest BCUT2D eigenvalue weighted by Gasteiger charge is -1.99. The SMILES string of the molecule is Cc1nc2cc(-c3ncn(C)c3C=O)ccc2o1. The maximum Gasteiger partial charge on any atom is 0.192 e. The number of hydrogen-bond acceptors (Lipinski definition) is 4. The zero-order valence-corrected chi connectivity index (χ0v) is 10.0. The van der Waals surface area contributed by atoms with Crippen molar-refractivity contribution in [2.24, 2.45) is 7.05 Å². The van der Waals surface area contributed by atoms with E-state index in [1.807, 2.05) is 18.2 Å². The second-order valence-electron chi connectivity index (χ2n) is 4.12. The first-order chi connectivity index (χ1) is 8.69. The number of imidazole rings is 1. The number of fused-ring (bicyclic) bond motifs is 1. The Morgan fingerprint density at radius 1 is 1.39 bits per heavy atom. The number of benzene rings is 1. The predicted molar refractivity (Wildman–Crippen MR) is 66.3 cm³/mol. The molecule has 0 aliphatic carbocycles. The molecule has 0 saturated carbocycles. The number of oxazole rings is 1. The second kappa shape index (κ2) is 3.80. The lowest BCUT2D eigenvalue weighted by atomic mass is 10.1. The van der Waals surface area contributed by atoms with Crippen LogP contribution >= 0.6 is 0 Å². The normalized spacial score (nSPS) is 11.0. The Morgan fingerprint density at radius 2 is 2.22 bits per heavy atom. The topological polar surface area (TPSA) is 60.9 Å². The van der Waals surface area contributed by atoms with Crippen molar-refractivity contribution in [3.8, 4) is 11.3 Å². The minimum absolute atomic E-state index is 0.551. The van der Waals surface area contributed by atoms with E-state index in [1.165, 1.54) is 0 Å². The molecule has 0 radical (unpaired) electrons. The van der Waals surface area contributed by atoms with Crippen LogP contribution in [-0.2, 0) is 7.05 Å². The van der Waals surface area contributed by atoms with Gasteiger partial charge in [0.05, 0.1) is 12.0 Å². The molecular formula is C13H11N3O2. The predicted octanol–water partition coefficient (Wildman–Crippen LogP) is 2.35. The highest BCUT2D eigenvalue weighted by Gasteiger charge is 2.12. The zero-order chi connectivity index (χ0) is 12.7. The van der Waals surface area contributed by atoms with Crippen LogP contribution in [0, 0.1) is 6.92 Å². The summed E-state index contributed by atoms with van der Waals surface area (Å²) in [6.07, 6.45) is 2.43. The van der Waals surface area contributed by atoms with Crippen molar-refractivity contribution in [1.82, 2.24) is 14.5 Å². The zero-order valence-electron chi connectivity index (χ0n) is 10.0. The molecule has 0 unspecified atom stereocenters. The molecule has 0 fully saturated rings. The fraction of sp³-hybridized carbons (Fsp3) is 0.154. The van der Waals surface area contributed by atoms with E-state index in [4.69, 9.17) is 4.42 Å². The fourth-order valence-electron chi connectivity index (χ4n) is 1.99. The van der Waals surface area contributed by atoms with Crippen LogP contribution in [0.25, 0.3) is 22.4 Å². The molecule has 0 aliphatic rings. The molecule has 90 valence electrons. The van der Waals surface area contributed by atoms with Gasteiger partial charge in [0.15, 0.2) is 17.8 Å². The smallest absolute Gasteiger partial charge is 0.192 e. The Bertz CT molecular complexity index is 740. The lowest BCUT2D eigenvalue weighted by Crippen LogP contribution is -1.94. The van der Waals surface area contributed by atoms with Crippen LogP contribution < -0.4 is 0 Å². The largest absolute Gasteiger partial charge is 0.441 e. The van der Waals surface area contributed by atoms with E-state index in [9.17, 15) is 4.79 Å². The number of aldehydes is 1. The first kappa shape index (κ1) is 10.7. The van der Waals surface area contributed by atoms with Gasteiger partial charge in [0.2, 0.25) is 0 Å². The maximum atomic E-state index is 11.1. The monoisotopic (exact) mass is 241 g/mol. The third kappa shape index (κ3) is 1.52. The van der Waals surface area contributed by atoms with Crippen molar-refractivity contribution in [2.75, 3.05) is 0 Å². The Kier molecular flexibility index (Phi) is 2.26. The van der Waals surface area contributed by atoms with Gasteiger partial charge in [0.25, 0.3) is 0 Å². The van der Waals surface area contributed by atoms with Crippen LogP contribution in [0.4, 0.5) is 0 Å². The van der Waals surface area contributed by atoms with Crippen molar-refractivity contribution in [3.05, 3.63) is 36.1 Å². The van der Waals surface area contributed by atoms with Crippen LogP contribution in [0.15, 0.2) is 28.9 Å². The standard InChI is InChI=1S/C13H11N3O2/c1-8-15-10-5-9(3-4-12(10)18-8)13-11(6-17)16(2)7-14-13/h3-7H,1-2H3. The van der Waals surface area contributed by atoms with E-state index in [0.717, 1.165) is 22.9 Å². The molecular weight excluding hydrogens is 230 g/mol. The van der Waals surface area contributed by atoms with Crippen molar-refractivity contribution in [2.45, 2.75) is 6.92 Å². The van der Waals surface area contributed by atoms with E-state index in [1.54, 1.807) is 24.9 Å². The third-order valence-corrected chi connectivity index (χ3v) is 2.86. The van der Waals surface area contributed by atoms with E-state index in [0.29, 0.717) is 17.3 Å². The summed E-state index contributed by atoms with van der Waals surface area (Å²) in [5.41, 5.74) is 3.58. The first-order valence-corrected chi connectivity index (χ1v) is 5.53. The molecule has 0 spiro atoms. The summed E-state index contributed by atoms with van der Waals surface area (Å²) >= 11 is 0. The molecule has 0 atom stereocenters. The fourth-order valence-corrected chi connectivity index (χ4v) is 1.99. The highest BCUT2D eigenvalue weighted by molar-refractivity contribution is 5.87. The van der Waals surface area contributed by atoms with Crippen LogP contribution in [0.1, 0.15) is 16.4 Å². The van der Waals surface area contributed by atoms with Gasteiger partial charge in [-0.3, -0.25) is 4.79 Å². The highest BCUT2D eigenvalue weighted by Crippen LogP contribution is 2.25. The van der Waals surface area contributed by atoms with Gasteiger partial charge in [-0.15, -0.1) is 0 Å². The van der Waals surface area contributed by atoms with Crippen LogP contribution in [0.5, 0.6) is 0 Å². The molecule has 0 saturated heterocycles. The summed E-state index contributed by atoms with van der Waals surface area (Å²) in [6, 6.07) is 5.59. The third-order valence-electron chi connectivity index (χ3n) is 2.86. The summed E-state index contributed by atoms with van der Waals surface area (Å²) in [5, 5.41) is 0. The van der Waals surface area contributed by atoms with Gasteiger partial charge >= 0.3 is 0 Å². The molecule has 0 bridgehead atoms. The molecule has 3 aromatic rings. The molecule has 2 aromatic heterocycles. The average molecular weight is 241 g/mol. The molecule has 5 nitrogen and oxygen atoms in total. The van der Waals surface area contributed by atoms with Gasteiger partial charge in [0.1, 0.15) is 11.2 Å². The van der Waals surface area contributed by atoms with Crippen LogP contribution in [-0.4, -0.2) is 20.8 Å². The van der Waals surface area contributed by atoms with E-state index >= 15 is 0 Å². The number of rotatable bonds is 2. The lowest BCUT2D eigenvalue weighted by molar-refractivity contribution is 0.111. The summed E-state index contributed by atoms with van der Waals surface area (Å²) in [6.45, 7) is 1.80. The van der Waals surface area contributed by atoms with Gasteiger partial charge < -0.3 is 8.98 Å². The summed E-state index contributed by atoms with van der Waals surface area (Å²) < 4.78 is 7.11. The van der Waals surface area contributed by atoms with Crippen molar-refractivity contribution in [1.29, 1.82) is 0 Å². The summed E-state index contributed by atoms with van der Waals surface area (Å²) in [4.78, 5) is 19.6. The van der Waals surface area contributed by atoms with Gasteiger partial charge in [-0.1, -0.05) is 0 Å².